The van der Waals surface area contributed by atoms with Crippen LogP contribution in [0.4, 0.5) is 0 Å². The summed E-state index contributed by atoms with van der Waals surface area (Å²) < 4.78 is 11.0. The van der Waals surface area contributed by atoms with Gasteiger partial charge in [0.05, 0.1) is 13.2 Å². The van der Waals surface area contributed by atoms with E-state index in [0.29, 0.717) is 48.7 Å². The van der Waals surface area contributed by atoms with Gasteiger partial charge in [0.2, 0.25) is 0 Å². The Balaban J connectivity index is 1.69. The number of carbonyl (C=O) groups excluding carboxylic acids is 2. The summed E-state index contributed by atoms with van der Waals surface area (Å²) in [6.07, 6.45) is 5.93. The summed E-state index contributed by atoms with van der Waals surface area (Å²) in [5, 5.41) is 0. The quantitative estimate of drug-likeness (QED) is 0.522. The minimum absolute atomic E-state index is 0.296. The first-order valence-corrected chi connectivity index (χ1v) is 6.91. The fourth-order valence-electron chi connectivity index (χ4n) is 1.80. The number of ether oxygens (including phenoxy) is 2. The van der Waals surface area contributed by atoms with Crippen molar-refractivity contribution >= 4 is 12.6 Å². The summed E-state index contributed by atoms with van der Waals surface area (Å²) in [5.74, 6) is 0.961. The molecule has 0 saturated carbocycles. The van der Waals surface area contributed by atoms with Crippen LogP contribution < -0.4 is 9.47 Å². The molecule has 0 aliphatic rings. The lowest BCUT2D eigenvalue weighted by molar-refractivity contribution is 0.110. The largest absolute Gasteiger partial charge is 0.491 e. The molecule has 0 aliphatic heterocycles. The van der Waals surface area contributed by atoms with Gasteiger partial charge in [-0.15, -0.1) is 0 Å². The van der Waals surface area contributed by atoms with Crippen molar-refractivity contribution in [3.63, 3.8) is 0 Å². The maximum atomic E-state index is 10.8. The molecule has 0 fully saturated rings. The molecule has 6 nitrogen and oxygen atoms in total. The van der Waals surface area contributed by atoms with Crippen molar-refractivity contribution in [2.24, 2.45) is 0 Å². The van der Waals surface area contributed by atoms with Crippen LogP contribution in [-0.2, 0) is 0 Å². The van der Waals surface area contributed by atoms with E-state index < -0.39 is 0 Å². The minimum atomic E-state index is 0.296. The van der Waals surface area contributed by atoms with Gasteiger partial charge in [-0.05, 0) is 37.1 Å². The van der Waals surface area contributed by atoms with Gasteiger partial charge in [-0.25, -0.2) is 9.97 Å². The molecular weight excluding hydrogens is 284 g/mol. The predicted molar refractivity (Wildman–Crippen MR) is 79.5 cm³/mol. The Bertz CT molecular complexity index is 576. The lowest BCUT2D eigenvalue weighted by Gasteiger charge is -2.09. The van der Waals surface area contributed by atoms with Crippen LogP contribution in [0.15, 0.2) is 36.7 Å². The topological polar surface area (TPSA) is 78.4 Å². The fraction of sp³-hybridized carbons (Fsp3) is 0.250. The second kappa shape index (κ2) is 8.51. The first-order chi connectivity index (χ1) is 10.8. The number of aromatic nitrogens is 2. The highest BCUT2D eigenvalue weighted by atomic mass is 16.5. The zero-order valence-corrected chi connectivity index (χ0v) is 12.0. The zero-order chi connectivity index (χ0) is 15.6. The van der Waals surface area contributed by atoms with Gasteiger partial charge in [-0.3, -0.25) is 9.59 Å². The summed E-state index contributed by atoms with van der Waals surface area (Å²) in [5.41, 5.74) is 0.592. The number of hydrogen-bond acceptors (Lipinski definition) is 6. The first kappa shape index (κ1) is 15.6. The molecular formula is C16H16N2O4. The summed E-state index contributed by atoms with van der Waals surface area (Å²) >= 11 is 0. The van der Waals surface area contributed by atoms with Crippen LogP contribution in [0.1, 0.15) is 33.8 Å². The highest BCUT2D eigenvalue weighted by Gasteiger charge is 2.04. The number of carbonyl (C=O) groups is 2. The number of nitrogens with zero attached hydrogens (tertiary/aromatic N) is 2. The molecule has 0 bridgehead atoms. The van der Waals surface area contributed by atoms with E-state index in [4.69, 9.17) is 9.47 Å². The molecule has 22 heavy (non-hydrogen) atoms. The number of aldehydes is 2. The highest BCUT2D eigenvalue weighted by molar-refractivity contribution is 5.76. The third kappa shape index (κ3) is 4.37. The van der Waals surface area contributed by atoms with E-state index in [1.807, 2.05) is 0 Å². The molecule has 0 atom stereocenters. The third-order valence-electron chi connectivity index (χ3n) is 2.88. The normalized spacial score (nSPS) is 10.0. The van der Waals surface area contributed by atoms with Crippen LogP contribution in [0.25, 0.3) is 0 Å². The smallest absolute Gasteiger partial charge is 0.172 e. The molecule has 0 radical (unpaired) electrons. The van der Waals surface area contributed by atoms with Gasteiger partial charge in [0.25, 0.3) is 0 Å². The number of unbranched alkanes of at least 4 members (excludes halogenated alkanes) is 1. The lowest BCUT2D eigenvalue weighted by atomic mass is 10.3. The van der Waals surface area contributed by atoms with Crippen molar-refractivity contribution in [3.8, 4) is 11.5 Å². The van der Waals surface area contributed by atoms with Gasteiger partial charge < -0.3 is 9.47 Å². The number of rotatable bonds is 9. The van der Waals surface area contributed by atoms with Gasteiger partial charge in [-0.2, -0.15) is 0 Å². The van der Waals surface area contributed by atoms with Gasteiger partial charge in [0, 0.05) is 12.4 Å². The lowest BCUT2D eigenvalue weighted by Crippen LogP contribution is -2.05. The zero-order valence-electron chi connectivity index (χ0n) is 12.0. The molecule has 114 valence electrons. The SMILES string of the molecule is O=Cc1ncccc1OCCCCOc1cccnc1C=O. The van der Waals surface area contributed by atoms with Gasteiger partial charge in [0.15, 0.2) is 12.6 Å². The van der Waals surface area contributed by atoms with Crippen molar-refractivity contribution in [1.29, 1.82) is 0 Å². The molecule has 0 saturated heterocycles. The Hall–Kier alpha value is -2.76. The highest BCUT2D eigenvalue weighted by Crippen LogP contribution is 2.15. The third-order valence-corrected chi connectivity index (χ3v) is 2.88. The van der Waals surface area contributed by atoms with E-state index >= 15 is 0 Å². The van der Waals surface area contributed by atoms with E-state index in [9.17, 15) is 9.59 Å². The van der Waals surface area contributed by atoms with Crippen molar-refractivity contribution in [2.75, 3.05) is 13.2 Å². The van der Waals surface area contributed by atoms with E-state index in [-0.39, 0.29) is 0 Å². The van der Waals surface area contributed by atoms with Crippen LogP contribution in [0.3, 0.4) is 0 Å². The second-order valence-electron chi connectivity index (χ2n) is 4.41. The van der Waals surface area contributed by atoms with Gasteiger partial charge in [-0.1, -0.05) is 0 Å². The van der Waals surface area contributed by atoms with Crippen molar-refractivity contribution < 1.29 is 19.1 Å². The Morgan fingerprint density at radius 1 is 0.818 bits per heavy atom. The molecule has 6 heteroatoms. The Morgan fingerprint density at radius 3 is 1.68 bits per heavy atom. The summed E-state index contributed by atoms with van der Waals surface area (Å²) in [6.45, 7) is 0.924. The van der Waals surface area contributed by atoms with E-state index in [2.05, 4.69) is 9.97 Å². The molecule has 2 aromatic rings. The standard InChI is InChI=1S/C16H16N2O4/c19-11-13-15(5-3-7-17-13)21-9-1-2-10-22-16-6-4-8-18-14(16)12-20/h3-8,11-12H,1-2,9-10H2. The predicted octanol–water partition coefficient (Wildman–Crippen LogP) is 2.34. The number of pyridine rings is 2. The average Bonchev–Trinajstić information content (AvgIpc) is 2.58. The maximum absolute atomic E-state index is 10.8. The van der Waals surface area contributed by atoms with Crippen LogP contribution in [-0.4, -0.2) is 35.8 Å². The minimum Gasteiger partial charge on any atom is -0.491 e. The monoisotopic (exact) mass is 300 g/mol. The molecule has 0 spiro atoms. The number of hydrogen-bond donors (Lipinski definition) is 0. The van der Waals surface area contributed by atoms with Crippen molar-refractivity contribution in [1.82, 2.24) is 9.97 Å². The molecule has 2 aromatic heterocycles. The Kier molecular flexibility index (Phi) is 6.04. The van der Waals surface area contributed by atoms with Crippen molar-refractivity contribution in [3.05, 3.63) is 48.0 Å². The molecule has 2 heterocycles. The van der Waals surface area contributed by atoms with Gasteiger partial charge in [0.1, 0.15) is 22.9 Å². The van der Waals surface area contributed by atoms with E-state index in [1.165, 1.54) is 0 Å². The molecule has 0 aromatic carbocycles. The van der Waals surface area contributed by atoms with Crippen LogP contribution >= 0.6 is 0 Å². The molecule has 0 amide bonds. The molecule has 0 aliphatic carbocycles. The first-order valence-electron chi connectivity index (χ1n) is 6.91. The van der Waals surface area contributed by atoms with Crippen LogP contribution in [0.5, 0.6) is 11.5 Å². The fourth-order valence-corrected chi connectivity index (χ4v) is 1.80. The molecule has 2 rings (SSSR count). The van der Waals surface area contributed by atoms with E-state index in [1.54, 1.807) is 36.7 Å². The maximum Gasteiger partial charge on any atom is 0.172 e. The summed E-state index contributed by atoms with van der Waals surface area (Å²) in [4.78, 5) is 29.4. The Labute approximate surface area is 128 Å². The average molecular weight is 300 g/mol. The van der Waals surface area contributed by atoms with Gasteiger partial charge >= 0.3 is 0 Å². The van der Waals surface area contributed by atoms with Crippen molar-refractivity contribution in [2.45, 2.75) is 12.8 Å². The molecule has 0 N–H and O–H groups in total. The second-order valence-corrected chi connectivity index (χ2v) is 4.41. The Morgan fingerprint density at radius 2 is 1.27 bits per heavy atom. The molecule has 0 unspecified atom stereocenters. The van der Waals surface area contributed by atoms with Crippen LogP contribution in [0, 0.1) is 0 Å². The van der Waals surface area contributed by atoms with Crippen LogP contribution in [0.2, 0.25) is 0 Å². The summed E-state index contributed by atoms with van der Waals surface area (Å²) in [6, 6.07) is 6.85. The summed E-state index contributed by atoms with van der Waals surface area (Å²) in [7, 11) is 0. The van der Waals surface area contributed by atoms with E-state index in [0.717, 1.165) is 12.8 Å².